The largest absolute Gasteiger partial charge is 0.465 e. The van der Waals surface area contributed by atoms with Gasteiger partial charge in [-0.25, -0.2) is 4.79 Å². The topological polar surface area (TPSA) is 118 Å². The van der Waals surface area contributed by atoms with E-state index in [1.54, 1.807) is 0 Å². The molecular weight excluding hydrogens is 458 g/mol. The predicted octanol–water partition coefficient (Wildman–Crippen LogP) is 3.63. The number of aryl methyl sites for hydroxylation is 2. The molecule has 36 heavy (non-hydrogen) atoms. The van der Waals surface area contributed by atoms with Gasteiger partial charge in [-0.15, -0.1) is 0 Å². The van der Waals surface area contributed by atoms with Crippen molar-refractivity contribution in [1.29, 1.82) is 0 Å². The zero-order valence-electron chi connectivity index (χ0n) is 21.4. The molecule has 9 heteroatoms. The van der Waals surface area contributed by atoms with Crippen molar-refractivity contribution < 1.29 is 14.7 Å². The normalized spacial score (nSPS) is 16.3. The first-order valence-corrected chi connectivity index (χ1v) is 12.8. The molecule has 1 aliphatic carbocycles. The van der Waals surface area contributed by atoms with Gasteiger partial charge in [-0.3, -0.25) is 9.59 Å². The summed E-state index contributed by atoms with van der Waals surface area (Å²) >= 11 is 0. The Balaban J connectivity index is 1.57. The van der Waals surface area contributed by atoms with E-state index in [1.165, 1.54) is 30.6 Å². The third kappa shape index (κ3) is 5.83. The quantitative estimate of drug-likeness (QED) is 0.466. The fourth-order valence-corrected chi connectivity index (χ4v) is 5.29. The monoisotopic (exact) mass is 495 g/mol. The molecule has 4 N–H and O–H groups in total. The molecule has 1 saturated carbocycles. The summed E-state index contributed by atoms with van der Waals surface area (Å²) in [6, 6.07) is 5.86. The van der Waals surface area contributed by atoms with E-state index in [2.05, 4.69) is 26.6 Å². The molecule has 2 aromatic rings. The van der Waals surface area contributed by atoms with Gasteiger partial charge in [0, 0.05) is 67.5 Å². The molecular formula is C27H37N5O4. The third-order valence-corrected chi connectivity index (χ3v) is 7.53. The Morgan fingerprint density at radius 3 is 2.39 bits per heavy atom. The van der Waals surface area contributed by atoms with E-state index >= 15 is 0 Å². The average molecular weight is 496 g/mol. The van der Waals surface area contributed by atoms with Gasteiger partial charge in [0.25, 0.3) is 11.5 Å². The minimum atomic E-state index is -0.904. The number of pyridine rings is 1. The number of aromatic nitrogens is 1. The number of piperazine rings is 1. The Bertz CT molecular complexity index is 1180. The van der Waals surface area contributed by atoms with Crippen molar-refractivity contribution in [2.24, 2.45) is 5.92 Å². The number of nitrogens with one attached hydrogen (secondary N) is 3. The minimum Gasteiger partial charge on any atom is -0.465 e. The molecule has 0 radical (unpaired) electrons. The molecule has 0 unspecified atom stereocenters. The molecule has 194 valence electrons. The molecule has 1 aliphatic heterocycles. The van der Waals surface area contributed by atoms with E-state index < -0.39 is 6.09 Å². The maximum Gasteiger partial charge on any atom is 0.407 e. The standard InChI is InChI=1S/C27H37N5O4/c1-17-12-18(2)30-26(34)23(17)16-29-25(33)22-13-21(31-8-10-32(11-9-31)27(35)36)14-24(19(22)3)28-15-20-6-4-5-7-20/h12-14,20,28H,4-11,15-16H2,1-3H3,(H,29,33)(H,30,34)(H,35,36). The number of H-pyrrole nitrogens is 1. The first kappa shape index (κ1) is 25.6. The van der Waals surface area contributed by atoms with Crippen molar-refractivity contribution >= 4 is 23.4 Å². The van der Waals surface area contributed by atoms with Crippen LogP contribution in [0.4, 0.5) is 16.2 Å². The number of rotatable bonds is 7. The zero-order valence-corrected chi connectivity index (χ0v) is 21.4. The highest BCUT2D eigenvalue weighted by Crippen LogP contribution is 2.30. The van der Waals surface area contributed by atoms with E-state index in [0.717, 1.165) is 34.7 Å². The maximum absolute atomic E-state index is 13.4. The molecule has 0 spiro atoms. The Hall–Kier alpha value is -3.49. The smallest absolute Gasteiger partial charge is 0.407 e. The van der Waals surface area contributed by atoms with Gasteiger partial charge in [-0.1, -0.05) is 12.8 Å². The lowest BCUT2D eigenvalue weighted by atomic mass is 10.0. The van der Waals surface area contributed by atoms with Crippen LogP contribution in [0.25, 0.3) is 0 Å². The number of aromatic amines is 1. The Morgan fingerprint density at radius 1 is 1.06 bits per heavy atom. The summed E-state index contributed by atoms with van der Waals surface area (Å²) in [7, 11) is 0. The Labute approximate surface area is 211 Å². The van der Waals surface area contributed by atoms with Crippen LogP contribution in [0.3, 0.4) is 0 Å². The molecule has 4 rings (SSSR count). The summed E-state index contributed by atoms with van der Waals surface area (Å²) in [6.45, 7) is 8.65. The van der Waals surface area contributed by atoms with Gasteiger partial charge in [0.15, 0.2) is 0 Å². The van der Waals surface area contributed by atoms with E-state index in [9.17, 15) is 19.5 Å². The average Bonchev–Trinajstić information content (AvgIpc) is 3.36. The van der Waals surface area contributed by atoms with Gasteiger partial charge in [-0.05, 0) is 68.9 Å². The van der Waals surface area contributed by atoms with Crippen molar-refractivity contribution in [3.63, 3.8) is 0 Å². The second-order valence-corrected chi connectivity index (χ2v) is 10.1. The lowest BCUT2D eigenvalue weighted by Gasteiger charge is -2.35. The second-order valence-electron chi connectivity index (χ2n) is 10.1. The lowest BCUT2D eigenvalue weighted by molar-refractivity contribution is 0.0950. The number of carboxylic acid groups (broad SMARTS) is 1. The molecule has 2 amide bonds. The predicted molar refractivity (Wildman–Crippen MR) is 141 cm³/mol. The number of anilines is 2. The summed E-state index contributed by atoms with van der Waals surface area (Å²) < 4.78 is 0. The Kier molecular flexibility index (Phi) is 7.86. The van der Waals surface area contributed by atoms with E-state index in [-0.39, 0.29) is 18.0 Å². The molecule has 1 aromatic carbocycles. The number of carbonyl (C=O) groups is 2. The van der Waals surface area contributed by atoms with Crippen LogP contribution in [-0.4, -0.2) is 59.7 Å². The first-order valence-electron chi connectivity index (χ1n) is 12.8. The van der Waals surface area contributed by atoms with Gasteiger partial charge >= 0.3 is 6.09 Å². The highest BCUT2D eigenvalue weighted by molar-refractivity contribution is 5.98. The van der Waals surface area contributed by atoms with Gasteiger partial charge in [0.05, 0.1) is 0 Å². The van der Waals surface area contributed by atoms with Crippen LogP contribution in [0, 0.1) is 26.7 Å². The molecule has 0 atom stereocenters. The summed E-state index contributed by atoms with van der Waals surface area (Å²) in [5.74, 6) is 0.405. The first-order chi connectivity index (χ1) is 17.2. The number of nitrogens with zero attached hydrogens (tertiary/aromatic N) is 2. The van der Waals surface area contributed by atoms with Crippen molar-refractivity contribution in [2.75, 3.05) is 42.9 Å². The molecule has 1 saturated heterocycles. The second kappa shape index (κ2) is 11.1. The van der Waals surface area contributed by atoms with Crippen LogP contribution in [0.2, 0.25) is 0 Å². The van der Waals surface area contributed by atoms with Crippen molar-refractivity contribution in [1.82, 2.24) is 15.2 Å². The van der Waals surface area contributed by atoms with E-state index in [4.69, 9.17) is 0 Å². The van der Waals surface area contributed by atoms with Crippen LogP contribution in [0.15, 0.2) is 23.0 Å². The van der Waals surface area contributed by atoms with Crippen LogP contribution in [0.5, 0.6) is 0 Å². The number of carbonyl (C=O) groups excluding carboxylic acids is 1. The zero-order chi connectivity index (χ0) is 25.8. The van der Waals surface area contributed by atoms with Gasteiger partial charge in [0.2, 0.25) is 0 Å². The number of amides is 2. The minimum absolute atomic E-state index is 0.145. The summed E-state index contributed by atoms with van der Waals surface area (Å²) in [5, 5.41) is 15.8. The molecule has 2 heterocycles. The van der Waals surface area contributed by atoms with Gasteiger partial charge < -0.3 is 30.5 Å². The molecule has 9 nitrogen and oxygen atoms in total. The van der Waals surface area contributed by atoms with Crippen molar-refractivity contribution in [3.05, 3.63) is 56.5 Å². The molecule has 2 aliphatic rings. The SMILES string of the molecule is Cc1cc(C)c(CNC(=O)c2cc(N3CCN(C(=O)O)CC3)cc(NCC3CCCC3)c2C)c(=O)[nH]1. The molecule has 2 fully saturated rings. The number of hydrogen-bond donors (Lipinski definition) is 4. The Morgan fingerprint density at radius 2 is 1.75 bits per heavy atom. The van der Waals surface area contributed by atoms with Gasteiger partial charge in [-0.2, -0.15) is 0 Å². The van der Waals surface area contributed by atoms with Crippen LogP contribution >= 0.6 is 0 Å². The number of hydrogen-bond acceptors (Lipinski definition) is 5. The number of benzene rings is 1. The van der Waals surface area contributed by atoms with Crippen LogP contribution < -0.4 is 21.1 Å². The van der Waals surface area contributed by atoms with E-state index in [0.29, 0.717) is 43.2 Å². The fourth-order valence-electron chi connectivity index (χ4n) is 5.29. The third-order valence-electron chi connectivity index (χ3n) is 7.53. The lowest BCUT2D eigenvalue weighted by Crippen LogP contribution is -2.48. The summed E-state index contributed by atoms with van der Waals surface area (Å²) in [5.41, 5.74) is 5.25. The van der Waals surface area contributed by atoms with Crippen molar-refractivity contribution in [3.8, 4) is 0 Å². The highest BCUT2D eigenvalue weighted by atomic mass is 16.4. The van der Waals surface area contributed by atoms with Crippen LogP contribution in [0.1, 0.15) is 58.4 Å². The molecule has 1 aromatic heterocycles. The van der Waals surface area contributed by atoms with Crippen LogP contribution in [-0.2, 0) is 6.54 Å². The fraction of sp³-hybridized carbons (Fsp3) is 0.519. The highest BCUT2D eigenvalue weighted by Gasteiger charge is 2.24. The van der Waals surface area contributed by atoms with E-state index in [1.807, 2.05) is 32.9 Å². The maximum atomic E-state index is 13.4. The van der Waals surface area contributed by atoms with Crippen molar-refractivity contribution in [2.45, 2.75) is 53.0 Å². The summed E-state index contributed by atoms with van der Waals surface area (Å²) in [4.78, 5) is 43.4. The summed E-state index contributed by atoms with van der Waals surface area (Å²) in [6.07, 6.45) is 4.08. The van der Waals surface area contributed by atoms with Gasteiger partial charge in [0.1, 0.15) is 0 Å². The molecule has 0 bridgehead atoms.